The van der Waals surface area contributed by atoms with Crippen molar-refractivity contribution in [1.29, 1.82) is 0 Å². The monoisotopic (exact) mass is 360 g/mol. The smallest absolute Gasteiger partial charge is 0.313 e. The first-order chi connectivity index (χ1) is 11.6. The normalized spacial score (nSPS) is 10.0. The van der Waals surface area contributed by atoms with E-state index in [1.807, 2.05) is 36.4 Å². The van der Waals surface area contributed by atoms with E-state index in [2.05, 4.69) is 24.0 Å². The number of thioether (sulfide) groups is 1. The zero-order valence-electron chi connectivity index (χ0n) is 13.0. The summed E-state index contributed by atoms with van der Waals surface area (Å²) in [7, 11) is 0. The van der Waals surface area contributed by atoms with Crippen LogP contribution in [0.3, 0.4) is 0 Å². The molecular weight excluding hydrogens is 344 g/mol. The third-order valence-electron chi connectivity index (χ3n) is 3.10. The van der Waals surface area contributed by atoms with Gasteiger partial charge < -0.3 is 9.84 Å². The summed E-state index contributed by atoms with van der Waals surface area (Å²) in [6, 6.07) is 15.9. The zero-order valence-corrected chi connectivity index (χ0v) is 14.6. The van der Waals surface area contributed by atoms with Gasteiger partial charge in [0.05, 0.1) is 18.1 Å². The Morgan fingerprint density at radius 1 is 1.04 bits per heavy atom. The van der Waals surface area contributed by atoms with Crippen molar-refractivity contribution in [2.45, 2.75) is 6.61 Å². The van der Waals surface area contributed by atoms with Crippen LogP contribution in [0.15, 0.2) is 48.5 Å². The van der Waals surface area contributed by atoms with Gasteiger partial charge >= 0.3 is 5.97 Å². The van der Waals surface area contributed by atoms with Crippen LogP contribution in [-0.4, -0.2) is 29.2 Å². The van der Waals surface area contributed by atoms with Crippen molar-refractivity contribution in [3.63, 3.8) is 0 Å². The molecule has 2 aromatic carbocycles. The molecule has 3 nitrogen and oxygen atoms in total. The first-order valence-electron chi connectivity index (χ1n) is 7.33. The lowest BCUT2D eigenvalue weighted by Crippen LogP contribution is -1.98. The standard InChI is InChI=1S/C19H17ClO3S/c20-18-9-7-17(8-10-18)16-5-3-15(4-6-16)13-23-11-1-2-12-24-14-19(21)22/h3-10H,11-14H2,(H,21,22). The number of rotatable bonds is 7. The molecule has 124 valence electrons. The van der Waals surface area contributed by atoms with Crippen LogP contribution in [0.25, 0.3) is 11.1 Å². The molecule has 2 aromatic rings. The molecule has 0 spiro atoms. The van der Waals surface area contributed by atoms with Crippen LogP contribution in [0, 0.1) is 11.8 Å². The van der Waals surface area contributed by atoms with Crippen LogP contribution in [0.1, 0.15) is 5.56 Å². The van der Waals surface area contributed by atoms with Gasteiger partial charge in [-0.15, -0.1) is 11.8 Å². The first-order valence-corrected chi connectivity index (χ1v) is 8.86. The maximum absolute atomic E-state index is 10.3. The summed E-state index contributed by atoms with van der Waals surface area (Å²) in [5.41, 5.74) is 3.33. The molecule has 0 heterocycles. The predicted molar refractivity (Wildman–Crippen MR) is 99.3 cm³/mol. The molecular formula is C19H17ClO3S. The van der Waals surface area contributed by atoms with Crippen molar-refractivity contribution in [3.8, 4) is 23.0 Å². The van der Waals surface area contributed by atoms with Gasteiger partial charge in [0.15, 0.2) is 0 Å². The second-order valence-corrected chi connectivity index (χ2v) is 6.36. The molecule has 24 heavy (non-hydrogen) atoms. The third-order valence-corrected chi connectivity index (χ3v) is 4.15. The van der Waals surface area contributed by atoms with Gasteiger partial charge in [-0.05, 0) is 28.8 Å². The predicted octanol–water partition coefficient (Wildman–Crippen LogP) is 4.34. The molecule has 0 saturated heterocycles. The average molecular weight is 361 g/mol. The fourth-order valence-corrected chi connectivity index (χ4v) is 2.55. The van der Waals surface area contributed by atoms with Crippen LogP contribution in [0.4, 0.5) is 0 Å². The van der Waals surface area contributed by atoms with Crippen LogP contribution in [-0.2, 0) is 16.1 Å². The highest BCUT2D eigenvalue weighted by atomic mass is 35.5. The van der Waals surface area contributed by atoms with E-state index in [4.69, 9.17) is 21.4 Å². The van der Waals surface area contributed by atoms with Crippen LogP contribution >= 0.6 is 23.4 Å². The molecule has 0 saturated carbocycles. The Hall–Kier alpha value is -1.93. The molecule has 1 N–H and O–H groups in total. The third kappa shape index (κ3) is 6.67. The molecule has 0 unspecified atom stereocenters. The van der Waals surface area contributed by atoms with Gasteiger partial charge in [-0.2, -0.15) is 0 Å². The van der Waals surface area contributed by atoms with Crippen LogP contribution in [0.5, 0.6) is 0 Å². The van der Waals surface area contributed by atoms with E-state index in [0.717, 1.165) is 21.7 Å². The molecule has 0 bridgehead atoms. The minimum Gasteiger partial charge on any atom is -0.481 e. The second-order valence-electron chi connectivity index (χ2n) is 4.94. The Kier molecular flexibility index (Phi) is 7.70. The first kappa shape index (κ1) is 18.4. The van der Waals surface area contributed by atoms with E-state index in [1.54, 1.807) is 0 Å². The van der Waals surface area contributed by atoms with Gasteiger partial charge in [-0.3, -0.25) is 4.79 Å². The molecule has 0 aromatic heterocycles. The fourth-order valence-electron chi connectivity index (χ4n) is 1.95. The molecule has 2 rings (SSSR count). The largest absolute Gasteiger partial charge is 0.481 e. The summed E-state index contributed by atoms with van der Waals surface area (Å²) in [4.78, 5) is 10.3. The minimum atomic E-state index is -0.819. The fraction of sp³-hybridized carbons (Fsp3) is 0.211. The Morgan fingerprint density at radius 2 is 1.67 bits per heavy atom. The van der Waals surface area contributed by atoms with Crippen molar-refractivity contribution in [3.05, 3.63) is 59.1 Å². The number of ether oxygens (including phenoxy) is 1. The van der Waals surface area contributed by atoms with Crippen LogP contribution < -0.4 is 0 Å². The number of halogens is 1. The van der Waals surface area contributed by atoms with Crippen molar-refractivity contribution >= 4 is 29.3 Å². The highest BCUT2D eigenvalue weighted by Gasteiger charge is 1.99. The van der Waals surface area contributed by atoms with Crippen LogP contribution in [0.2, 0.25) is 5.02 Å². The quantitative estimate of drug-likeness (QED) is 0.589. The van der Waals surface area contributed by atoms with Gasteiger partial charge in [0.2, 0.25) is 0 Å². The zero-order chi connectivity index (χ0) is 17.2. The topological polar surface area (TPSA) is 46.5 Å². The van der Waals surface area contributed by atoms with Gasteiger partial charge in [-0.25, -0.2) is 0 Å². The van der Waals surface area contributed by atoms with E-state index < -0.39 is 5.97 Å². The highest BCUT2D eigenvalue weighted by Crippen LogP contribution is 2.22. The van der Waals surface area contributed by atoms with E-state index in [0.29, 0.717) is 19.0 Å². The Labute approximate surface area is 151 Å². The Bertz CT molecular complexity index is 715. The number of hydrogen-bond donors (Lipinski definition) is 1. The molecule has 0 atom stereocenters. The summed E-state index contributed by atoms with van der Waals surface area (Å²) in [6.07, 6.45) is 0. The lowest BCUT2D eigenvalue weighted by Gasteiger charge is -2.05. The summed E-state index contributed by atoms with van der Waals surface area (Å²) >= 11 is 7.17. The summed E-state index contributed by atoms with van der Waals surface area (Å²) in [5, 5.41) is 9.21. The van der Waals surface area contributed by atoms with Crippen molar-refractivity contribution in [1.82, 2.24) is 0 Å². The van der Waals surface area contributed by atoms with Gasteiger partial charge in [0, 0.05) is 5.02 Å². The van der Waals surface area contributed by atoms with Crippen molar-refractivity contribution in [2.24, 2.45) is 0 Å². The summed E-state index contributed by atoms with van der Waals surface area (Å²) in [6.45, 7) is 0.838. The Balaban J connectivity index is 1.73. The lowest BCUT2D eigenvalue weighted by atomic mass is 10.0. The molecule has 0 aliphatic rings. The molecule has 0 amide bonds. The van der Waals surface area contributed by atoms with Gasteiger partial charge in [0.1, 0.15) is 6.61 Å². The average Bonchev–Trinajstić information content (AvgIpc) is 2.58. The van der Waals surface area contributed by atoms with Crippen molar-refractivity contribution in [2.75, 3.05) is 18.1 Å². The van der Waals surface area contributed by atoms with E-state index in [1.165, 1.54) is 11.8 Å². The second kappa shape index (κ2) is 10.0. The number of carboxylic acids is 1. The number of carboxylic acid groups (broad SMARTS) is 1. The number of carbonyl (C=O) groups is 1. The number of benzene rings is 2. The maximum atomic E-state index is 10.3. The van der Waals surface area contributed by atoms with E-state index in [-0.39, 0.29) is 5.75 Å². The molecule has 0 radical (unpaired) electrons. The van der Waals surface area contributed by atoms with E-state index in [9.17, 15) is 4.79 Å². The number of hydrogen-bond acceptors (Lipinski definition) is 3. The summed E-state index contributed by atoms with van der Waals surface area (Å²) in [5.74, 6) is 5.51. The lowest BCUT2D eigenvalue weighted by molar-refractivity contribution is -0.133. The highest BCUT2D eigenvalue weighted by molar-refractivity contribution is 8.00. The molecule has 0 aliphatic heterocycles. The SMILES string of the molecule is O=C(O)CSCC#CCOCc1ccc(-c2ccc(Cl)cc2)cc1. The van der Waals surface area contributed by atoms with Crippen molar-refractivity contribution < 1.29 is 14.6 Å². The number of aliphatic carboxylic acids is 1. The van der Waals surface area contributed by atoms with E-state index >= 15 is 0 Å². The molecule has 0 aliphatic carbocycles. The van der Waals surface area contributed by atoms with Gasteiger partial charge in [-0.1, -0.05) is 59.8 Å². The Morgan fingerprint density at radius 3 is 2.29 bits per heavy atom. The van der Waals surface area contributed by atoms with Gasteiger partial charge in [0.25, 0.3) is 0 Å². The molecule has 5 heteroatoms. The maximum Gasteiger partial charge on any atom is 0.313 e. The summed E-state index contributed by atoms with van der Waals surface area (Å²) < 4.78 is 5.49. The molecule has 0 fully saturated rings. The minimum absolute atomic E-state index is 0.0789.